The highest BCUT2D eigenvalue weighted by atomic mass is 32.2. The maximum Gasteiger partial charge on any atom is 0.349 e. The summed E-state index contributed by atoms with van der Waals surface area (Å²) in [4.78, 5) is 44.1. The van der Waals surface area contributed by atoms with Crippen LogP contribution in [-0.2, 0) is 11.3 Å². The molecule has 1 aromatic carbocycles. The molecule has 14 heteroatoms. The lowest BCUT2D eigenvalue weighted by Crippen LogP contribution is -2.42. The minimum atomic E-state index is -1.64. The Morgan fingerprint density at radius 3 is 2.36 bits per heavy atom. The van der Waals surface area contributed by atoms with E-state index in [1.165, 1.54) is 4.57 Å². The van der Waals surface area contributed by atoms with Crippen LogP contribution in [0, 0.1) is 13.8 Å². The average Bonchev–Trinajstić information content (AvgIpc) is 2.83. The summed E-state index contributed by atoms with van der Waals surface area (Å²) in [5.74, 6) is -0.152. The number of thioether (sulfide) groups is 1. The first-order valence-electron chi connectivity index (χ1n) is 10.9. The summed E-state index contributed by atoms with van der Waals surface area (Å²) in [6, 6.07) is 2.85. The normalized spacial score (nSPS) is 14.7. The van der Waals surface area contributed by atoms with E-state index in [0.29, 0.717) is 17.5 Å². The summed E-state index contributed by atoms with van der Waals surface area (Å²) in [7, 11) is 0. The van der Waals surface area contributed by atoms with Gasteiger partial charge in [-0.25, -0.2) is 9.78 Å². The Hall–Kier alpha value is -2.88. The number of aliphatic hydroxyl groups excluding tert-OH is 4. The van der Waals surface area contributed by atoms with Gasteiger partial charge in [-0.15, -0.1) is 0 Å². The fraction of sp³-hybridized carbons (Fsp3) is 0.500. The van der Waals surface area contributed by atoms with Crippen molar-refractivity contribution in [3.8, 4) is 11.5 Å². The Kier molecular flexibility index (Phi) is 10.5. The summed E-state index contributed by atoms with van der Waals surface area (Å²) < 4.78 is 1.40. The number of hydrogen-bond acceptors (Lipinski definition) is 11. The Morgan fingerprint density at radius 1 is 1.14 bits per heavy atom. The number of aliphatic carboxylic acids is 1. The number of aromatic nitrogens is 4. The predicted molar refractivity (Wildman–Crippen MR) is 134 cm³/mol. The molecule has 0 aliphatic carbocycles. The Morgan fingerprint density at radius 2 is 1.78 bits per heavy atom. The number of aliphatic hydroxyl groups is 4. The lowest BCUT2D eigenvalue weighted by Gasteiger charge is -2.25. The van der Waals surface area contributed by atoms with Gasteiger partial charge in [-0.1, -0.05) is 0 Å². The molecule has 0 saturated carbocycles. The number of carboxylic acid groups (broad SMARTS) is 1. The predicted octanol–water partition coefficient (Wildman–Crippen LogP) is -1.57. The van der Waals surface area contributed by atoms with E-state index in [2.05, 4.69) is 15.0 Å². The lowest BCUT2D eigenvalue weighted by atomic mass is 10.1. The first-order chi connectivity index (χ1) is 16.9. The standard InChI is InChI=1S/C17H20N4O6.C5H11NO2S/c1-7-3-9-10(4-8(7)2)21(5-11(23)14(25)12(24)6-22)15-13(18-9)16(26)20-17(27)19-15;1-9-3-2-4(6)5(7)8/h3-4,11-12,14,22-25H,5-6H2,1-2H3,(H,20,26,27);4H,2-3,6H2,1H3,(H,7,8)/t11-,12+,14-;4-/m00/s1. The Balaban J connectivity index is 0.000000434. The van der Waals surface area contributed by atoms with Crippen LogP contribution in [0.4, 0.5) is 0 Å². The van der Waals surface area contributed by atoms with Crippen LogP contribution >= 0.6 is 11.8 Å². The van der Waals surface area contributed by atoms with Crippen LogP contribution in [0.3, 0.4) is 0 Å². The van der Waals surface area contributed by atoms with Crippen LogP contribution in [0.2, 0.25) is 0 Å². The van der Waals surface area contributed by atoms with Gasteiger partial charge in [-0.05, 0) is 55.5 Å². The molecule has 0 spiro atoms. The number of nitrogens with two attached hydrogens (primary N) is 1. The molecule has 0 saturated heterocycles. The zero-order valence-corrected chi connectivity index (χ0v) is 20.9. The molecule has 0 aromatic heterocycles. The van der Waals surface area contributed by atoms with Crippen molar-refractivity contribution in [2.45, 2.75) is 51.2 Å². The first kappa shape index (κ1) is 29.4. The van der Waals surface area contributed by atoms with Gasteiger partial charge in [0.1, 0.15) is 24.4 Å². The van der Waals surface area contributed by atoms with Crippen molar-refractivity contribution >= 4 is 28.8 Å². The smallest absolute Gasteiger partial charge is 0.349 e. The number of benzene rings is 1. The van der Waals surface area contributed by atoms with Crippen molar-refractivity contribution in [1.29, 1.82) is 0 Å². The van der Waals surface area contributed by atoms with Crippen molar-refractivity contribution < 1.29 is 30.3 Å². The number of hydrogen-bond donors (Lipinski definition) is 7. The molecule has 8 N–H and O–H groups in total. The van der Waals surface area contributed by atoms with Gasteiger partial charge in [-0.3, -0.25) is 14.6 Å². The van der Waals surface area contributed by atoms with E-state index in [0.717, 1.165) is 16.9 Å². The maximum atomic E-state index is 12.2. The molecular formula is C22H31N5O8S. The fourth-order valence-corrected chi connectivity index (χ4v) is 3.75. The third kappa shape index (κ3) is 7.09. The first-order valence-corrected chi connectivity index (χ1v) is 12.3. The van der Waals surface area contributed by atoms with Gasteiger partial charge in [0, 0.05) is 0 Å². The summed E-state index contributed by atoms with van der Waals surface area (Å²) >= 11 is 1.60. The van der Waals surface area contributed by atoms with Crippen LogP contribution in [0.1, 0.15) is 17.5 Å². The molecule has 2 heterocycles. The SMILES string of the molecule is CSCC[C@H](N)C(=O)O.Cc1cc2nc3c(=O)[nH]c(=O)nc-3n(C[C@H](O)[C@H](O)[C@H](O)CO)c2cc1C. The number of carbonyl (C=O) groups is 1. The molecule has 0 fully saturated rings. The zero-order valence-electron chi connectivity index (χ0n) is 20.1. The number of nitrogens with zero attached hydrogens (tertiary/aromatic N) is 3. The second-order valence-corrected chi connectivity index (χ2v) is 9.21. The van der Waals surface area contributed by atoms with Gasteiger partial charge in [0.15, 0.2) is 11.5 Å². The monoisotopic (exact) mass is 525 g/mol. The number of aromatic amines is 1. The van der Waals surface area contributed by atoms with E-state index >= 15 is 0 Å². The molecule has 2 aliphatic heterocycles. The summed E-state index contributed by atoms with van der Waals surface area (Å²) in [5.41, 5.74) is 6.30. The molecule has 4 atom stereocenters. The molecule has 3 rings (SSSR count). The van der Waals surface area contributed by atoms with Crippen molar-refractivity contribution in [3.05, 3.63) is 44.1 Å². The van der Waals surface area contributed by atoms with Gasteiger partial charge in [0.2, 0.25) is 0 Å². The second-order valence-electron chi connectivity index (χ2n) is 8.22. The van der Waals surface area contributed by atoms with Gasteiger partial charge in [0.05, 0.1) is 24.2 Å². The van der Waals surface area contributed by atoms with Crippen molar-refractivity contribution in [1.82, 2.24) is 19.5 Å². The van der Waals surface area contributed by atoms with Crippen LogP contribution in [0.25, 0.3) is 22.6 Å². The summed E-state index contributed by atoms with van der Waals surface area (Å²) in [6.07, 6.45) is -2.20. The van der Waals surface area contributed by atoms with E-state index in [1.807, 2.05) is 20.1 Å². The number of nitrogens with one attached hydrogen (secondary N) is 1. The number of aryl methyl sites for hydroxylation is 2. The van der Waals surface area contributed by atoms with Gasteiger partial charge in [0.25, 0.3) is 5.56 Å². The highest BCUT2D eigenvalue weighted by molar-refractivity contribution is 7.98. The minimum absolute atomic E-state index is 0.0516. The van der Waals surface area contributed by atoms with Crippen molar-refractivity contribution in [2.24, 2.45) is 5.73 Å². The largest absolute Gasteiger partial charge is 0.480 e. The lowest BCUT2D eigenvalue weighted by molar-refractivity contribution is -0.138. The summed E-state index contributed by atoms with van der Waals surface area (Å²) in [6.45, 7) is 2.73. The van der Waals surface area contributed by atoms with Crippen LogP contribution in [0.5, 0.6) is 0 Å². The number of fused-ring (bicyclic) bond motifs is 2. The van der Waals surface area contributed by atoms with E-state index in [4.69, 9.17) is 15.9 Å². The zero-order chi connectivity index (χ0) is 27.2. The second kappa shape index (κ2) is 12.9. The molecule has 0 radical (unpaired) electrons. The Bertz CT molecular complexity index is 1280. The highest BCUT2D eigenvalue weighted by Gasteiger charge is 2.27. The quantitative estimate of drug-likeness (QED) is 0.157. The number of rotatable bonds is 9. The average molecular weight is 526 g/mol. The number of H-pyrrole nitrogens is 1. The van der Waals surface area contributed by atoms with Crippen LogP contribution in [-0.4, -0.2) is 94.0 Å². The molecule has 0 bridgehead atoms. The molecule has 36 heavy (non-hydrogen) atoms. The van der Waals surface area contributed by atoms with Gasteiger partial charge < -0.3 is 35.8 Å². The molecule has 0 amide bonds. The Labute approximate surface area is 210 Å². The van der Waals surface area contributed by atoms with Gasteiger partial charge >= 0.3 is 11.7 Å². The highest BCUT2D eigenvalue weighted by Crippen LogP contribution is 2.24. The third-order valence-electron chi connectivity index (χ3n) is 5.52. The number of carboxylic acids is 1. The third-order valence-corrected chi connectivity index (χ3v) is 6.16. The van der Waals surface area contributed by atoms with E-state index in [-0.39, 0.29) is 18.1 Å². The van der Waals surface area contributed by atoms with E-state index < -0.39 is 48.2 Å². The molecular weight excluding hydrogens is 494 g/mol. The van der Waals surface area contributed by atoms with E-state index in [9.17, 15) is 29.7 Å². The molecule has 1 aromatic rings. The topological polar surface area (TPSA) is 225 Å². The van der Waals surface area contributed by atoms with E-state index in [1.54, 1.807) is 23.9 Å². The molecule has 198 valence electrons. The van der Waals surface area contributed by atoms with Crippen molar-refractivity contribution in [2.75, 3.05) is 18.6 Å². The van der Waals surface area contributed by atoms with Crippen LogP contribution in [0.15, 0.2) is 21.7 Å². The van der Waals surface area contributed by atoms with Crippen molar-refractivity contribution in [3.63, 3.8) is 0 Å². The molecule has 13 nitrogen and oxygen atoms in total. The molecule has 0 unspecified atom stereocenters. The fourth-order valence-electron chi connectivity index (χ4n) is 3.26. The molecule has 2 aliphatic rings. The maximum absolute atomic E-state index is 12.2. The summed E-state index contributed by atoms with van der Waals surface area (Å²) in [5, 5.41) is 47.1. The van der Waals surface area contributed by atoms with Gasteiger partial charge in [-0.2, -0.15) is 16.7 Å². The van der Waals surface area contributed by atoms with Crippen LogP contribution < -0.4 is 17.0 Å². The minimum Gasteiger partial charge on any atom is -0.480 e.